The summed E-state index contributed by atoms with van der Waals surface area (Å²) < 4.78 is 37.5. The number of rotatable bonds is 5. The molecule has 0 spiro atoms. The Hall–Kier alpha value is -3.13. The highest BCUT2D eigenvalue weighted by molar-refractivity contribution is 7.92. The van der Waals surface area contributed by atoms with E-state index in [1.807, 2.05) is 0 Å². The number of carbonyl (C=O) groups excluding carboxylic acids is 1. The summed E-state index contributed by atoms with van der Waals surface area (Å²) >= 11 is 0. The van der Waals surface area contributed by atoms with E-state index < -0.39 is 16.0 Å². The number of anilines is 1. The Labute approximate surface area is 150 Å². The van der Waals surface area contributed by atoms with E-state index in [1.165, 1.54) is 43.5 Å². The van der Waals surface area contributed by atoms with Crippen molar-refractivity contribution in [3.63, 3.8) is 0 Å². The molecule has 0 saturated heterocycles. The van der Waals surface area contributed by atoms with E-state index >= 15 is 0 Å². The molecule has 1 N–H and O–H groups in total. The van der Waals surface area contributed by atoms with Crippen LogP contribution in [0.1, 0.15) is 16.2 Å². The first-order chi connectivity index (χ1) is 12.4. The van der Waals surface area contributed by atoms with Gasteiger partial charge in [-0.3, -0.25) is 4.72 Å². The van der Waals surface area contributed by atoms with Crippen molar-refractivity contribution in [3.05, 3.63) is 66.2 Å². The number of nitrogens with zero attached hydrogens (tertiary/aromatic N) is 1. The lowest BCUT2D eigenvalue weighted by molar-refractivity contribution is 0.0601. The number of carbonyl (C=O) groups is 1. The number of sulfonamides is 1. The molecule has 0 fully saturated rings. The number of nitrogens with one attached hydrogen (secondary N) is 1. The van der Waals surface area contributed by atoms with Crippen LogP contribution in [0.25, 0.3) is 11.3 Å². The summed E-state index contributed by atoms with van der Waals surface area (Å²) in [7, 11) is -2.48. The fourth-order valence-corrected chi connectivity index (χ4v) is 3.36. The summed E-state index contributed by atoms with van der Waals surface area (Å²) in [6, 6.07) is 12.2. The molecule has 2 aromatic carbocycles. The average Bonchev–Trinajstić information content (AvgIpc) is 3.08. The maximum Gasteiger partial charge on any atom is 0.337 e. The van der Waals surface area contributed by atoms with Gasteiger partial charge in [0.25, 0.3) is 10.0 Å². The third-order valence-electron chi connectivity index (χ3n) is 3.63. The van der Waals surface area contributed by atoms with Crippen LogP contribution in [-0.4, -0.2) is 26.5 Å². The van der Waals surface area contributed by atoms with Crippen LogP contribution in [0.5, 0.6) is 0 Å². The molecule has 0 aliphatic rings. The summed E-state index contributed by atoms with van der Waals surface area (Å²) in [4.78, 5) is 15.5. The predicted octanol–water partition coefficient (Wildman–Crippen LogP) is 3.24. The lowest BCUT2D eigenvalue weighted by atomic mass is 10.2. The fraction of sp³-hybridized carbons (Fsp3) is 0.111. The number of benzene rings is 2. The number of aromatic nitrogens is 1. The molecule has 0 radical (unpaired) electrons. The van der Waals surface area contributed by atoms with E-state index in [9.17, 15) is 13.2 Å². The van der Waals surface area contributed by atoms with Gasteiger partial charge in [0.2, 0.25) is 0 Å². The lowest BCUT2D eigenvalue weighted by Gasteiger charge is -2.09. The van der Waals surface area contributed by atoms with Crippen LogP contribution >= 0.6 is 0 Å². The number of hydrogen-bond donors (Lipinski definition) is 1. The lowest BCUT2D eigenvalue weighted by Crippen LogP contribution is -2.13. The highest BCUT2D eigenvalue weighted by Gasteiger charge is 2.15. The third-order valence-corrected chi connectivity index (χ3v) is 5.03. The van der Waals surface area contributed by atoms with E-state index in [4.69, 9.17) is 4.42 Å². The molecule has 0 bridgehead atoms. The van der Waals surface area contributed by atoms with E-state index in [0.29, 0.717) is 22.9 Å². The Morgan fingerprint density at radius 1 is 1.08 bits per heavy atom. The summed E-state index contributed by atoms with van der Waals surface area (Å²) in [5, 5.41) is 0. The molecule has 3 aromatic rings. The minimum Gasteiger partial charge on any atom is -0.465 e. The Kier molecular flexibility index (Phi) is 4.77. The van der Waals surface area contributed by atoms with E-state index in [2.05, 4.69) is 14.4 Å². The van der Waals surface area contributed by atoms with Crippen molar-refractivity contribution in [2.45, 2.75) is 11.8 Å². The summed E-state index contributed by atoms with van der Waals surface area (Å²) in [6.07, 6.45) is 1.58. The van der Waals surface area contributed by atoms with Crippen LogP contribution in [-0.2, 0) is 14.8 Å². The maximum absolute atomic E-state index is 12.5. The maximum atomic E-state index is 12.5. The molecule has 26 heavy (non-hydrogen) atoms. The largest absolute Gasteiger partial charge is 0.465 e. The van der Waals surface area contributed by atoms with Gasteiger partial charge in [0.15, 0.2) is 11.7 Å². The second-order valence-corrected chi connectivity index (χ2v) is 7.12. The highest BCUT2D eigenvalue weighted by Crippen LogP contribution is 2.23. The zero-order chi connectivity index (χ0) is 18.7. The molecule has 0 saturated carbocycles. The second-order valence-electron chi connectivity index (χ2n) is 5.44. The molecule has 1 aromatic heterocycles. The molecule has 0 amide bonds. The van der Waals surface area contributed by atoms with Crippen LogP contribution < -0.4 is 4.72 Å². The Morgan fingerprint density at radius 3 is 2.27 bits per heavy atom. The van der Waals surface area contributed by atoms with Gasteiger partial charge < -0.3 is 9.15 Å². The van der Waals surface area contributed by atoms with Crippen molar-refractivity contribution in [2.24, 2.45) is 0 Å². The van der Waals surface area contributed by atoms with Crippen LogP contribution in [0.3, 0.4) is 0 Å². The molecule has 3 rings (SSSR count). The zero-order valence-electron chi connectivity index (χ0n) is 14.1. The minimum absolute atomic E-state index is 0.106. The van der Waals surface area contributed by atoms with Crippen LogP contribution in [0.2, 0.25) is 0 Å². The Balaban J connectivity index is 1.78. The third kappa shape index (κ3) is 3.75. The molecule has 8 heteroatoms. The van der Waals surface area contributed by atoms with Crippen molar-refractivity contribution < 1.29 is 22.4 Å². The van der Waals surface area contributed by atoms with Gasteiger partial charge in [-0.2, -0.15) is 0 Å². The first-order valence-corrected chi connectivity index (χ1v) is 9.11. The zero-order valence-corrected chi connectivity index (χ0v) is 14.9. The van der Waals surface area contributed by atoms with Crippen molar-refractivity contribution in [2.75, 3.05) is 11.8 Å². The number of methoxy groups -OCH3 is 1. The van der Waals surface area contributed by atoms with E-state index in [-0.39, 0.29) is 4.90 Å². The van der Waals surface area contributed by atoms with Gasteiger partial charge in [0.05, 0.1) is 23.8 Å². The number of oxazole rings is 1. The van der Waals surface area contributed by atoms with Crippen LogP contribution in [0, 0.1) is 6.92 Å². The number of aryl methyl sites for hydroxylation is 1. The molecule has 0 aliphatic carbocycles. The number of ether oxygens (including phenoxy) is 1. The van der Waals surface area contributed by atoms with E-state index in [0.717, 1.165) is 5.56 Å². The van der Waals surface area contributed by atoms with Crippen LogP contribution in [0.15, 0.2) is 64.0 Å². The highest BCUT2D eigenvalue weighted by atomic mass is 32.2. The quantitative estimate of drug-likeness (QED) is 0.691. The minimum atomic E-state index is -3.76. The van der Waals surface area contributed by atoms with Gasteiger partial charge in [-0.25, -0.2) is 18.2 Å². The standard InChI is InChI=1S/C18H16N2O5S/c1-12-19-11-17(25-12)13-5-9-16(10-6-13)26(22,23)20-15-7-3-14(4-8-15)18(21)24-2/h3-11,20H,1-2H3. The van der Waals surface area contributed by atoms with E-state index in [1.54, 1.807) is 25.3 Å². The number of hydrogen-bond acceptors (Lipinski definition) is 6. The summed E-state index contributed by atoms with van der Waals surface area (Å²) in [6.45, 7) is 1.73. The van der Waals surface area contributed by atoms with Gasteiger partial charge in [-0.05, 0) is 48.5 Å². The monoisotopic (exact) mass is 372 g/mol. The van der Waals surface area contributed by atoms with Crippen molar-refractivity contribution >= 4 is 21.7 Å². The molecule has 0 aliphatic heterocycles. The first kappa shape index (κ1) is 17.7. The topological polar surface area (TPSA) is 98.5 Å². The molecule has 0 atom stereocenters. The molecular weight excluding hydrogens is 356 g/mol. The molecule has 1 heterocycles. The van der Waals surface area contributed by atoms with Gasteiger partial charge in [0.1, 0.15) is 0 Å². The Bertz CT molecular complexity index is 1020. The first-order valence-electron chi connectivity index (χ1n) is 7.63. The van der Waals surface area contributed by atoms with Gasteiger partial charge in [-0.15, -0.1) is 0 Å². The second kappa shape index (κ2) is 7.01. The van der Waals surface area contributed by atoms with Gasteiger partial charge in [0, 0.05) is 18.2 Å². The molecule has 0 unspecified atom stereocenters. The Morgan fingerprint density at radius 2 is 1.73 bits per heavy atom. The average molecular weight is 372 g/mol. The predicted molar refractivity (Wildman–Crippen MR) is 95.3 cm³/mol. The van der Waals surface area contributed by atoms with Crippen molar-refractivity contribution in [3.8, 4) is 11.3 Å². The normalized spacial score (nSPS) is 11.2. The van der Waals surface area contributed by atoms with Gasteiger partial charge in [-0.1, -0.05) is 0 Å². The molecular formula is C18H16N2O5S. The smallest absolute Gasteiger partial charge is 0.337 e. The SMILES string of the molecule is COC(=O)c1ccc(NS(=O)(=O)c2ccc(-c3cnc(C)o3)cc2)cc1. The number of esters is 1. The van der Waals surface area contributed by atoms with Crippen LogP contribution in [0.4, 0.5) is 5.69 Å². The molecule has 7 nitrogen and oxygen atoms in total. The van der Waals surface area contributed by atoms with Gasteiger partial charge >= 0.3 is 5.97 Å². The fourth-order valence-electron chi connectivity index (χ4n) is 2.30. The van der Waals surface area contributed by atoms with Crippen molar-refractivity contribution in [1.82, 2.24) is 4.98 Å². The summed E-state index contributed by atoms with van der Waals surface area (Å²) in [5.41, 5.74) is 1.40. The van der Waals surface area contributed by atoms with Crippen molar-refractivity contribution in [1.29, 1.82) is 0 Å². The summed E-state index contributed by atoms with van der Waals surface area (Å²) in [5.74, 6) is 0.615. The molecule has 134 valence electrons.